The summed E-state index contributed by atoms with van der Waals surface area (Å²) in [5, 5.41) is 0. The maximum absolute atomic E-state index is 13.0. The molecule has 2 aromatic carbocycles. The first-order valence-electron chi connectivity index (χ1n) is 9.22. The van der Waals surface area contributed by atoms with E-state index in [9.17, 15) is 8.42 Å². The van der Waals surface area contributed by atoms with Crippen LogP contribution in [0.3, 0.4) is 0 Å². The predicted octanol–water partition coefficient (Wildman–Crippen LogP) is 3.68. The van der Waals surface area contributed by atoms with E-state index in [1.807, 2.05) is 44.2 Å². The quantitative estimate of drug-likeness (QED) is 0.756. The number of piperidine rings is 1. The van der Waals surface area contributed by atoms with Gasteiger partial charge in [-0.25, -0.2) is 8.42 Å². The summed E-state index contributed by atoms with van der Waals surface area (Å²) in [6, 6.07) is 13.4. The van der Waals surface area contributed by atoms with Gasteiger partial charge in [0.25, 0.3) is 0 Å². The topological polar surface area (TPSA) is 55.8 Å². The fraction of sp³-hybridized carbons (Fsp3) is 0.429. The van der Waals surface area contributed by atoms with E-state index in [0.717, 1.165) is 22.4 Å². The van der Waals surface area contributed by atoms with Crippen molar-refractivity contribution in [3.8, 4) is 5.75 Å². The lowest BCUT2D eigenvalue weighted by atomic mass is 10.1. The zero-order chi connectivity index (χ0) is 19.4. The lowest BCUT2D eigenvalue weighted by Crippen LogP contribution is -2.40. The van der Waals surface area contributed by atoms with Crippen LogP contribution in [0, 0.1) is 13.8 Å². The van der Waals surface area contributed by atoms with E-state index in [-0.39, 0.29) is 6.10 Å². The number of ether oxygens (including phenoxy) is 2. The molecule has 0 unspecified atom stereocenters. The number of nitrogens with zero attached hydrogens (tertiary/aromatic N) is 1. The normalized spacial score (nSPS) is 16.4. The molecule has 0 spiro atoms. The summed E-state index contributed by atoms with van der Waals surface area (Å²) in [6.45, 7) is 5.26. The Labute approximate surface area is 162 Å². The smallest absolute Gasteiger partial charge is 0.243 e. The molecule has 0 atom stereocenters. The van der Waals surface area contributed by atoms with E-state index in [1.165, 1.54) is 0 Å². The van der Waals surface area contributed by atoms with E-state index in [4.69, 9.17) is 9.47 Å². The van der Waals surface area contributed by atoms with E-state index in [1.54, 1.807) is 23.5 Å². The molecule has 27 heavy (non-hydrogen) atoms. The number of aryl methyl sites for hydroxylation is 2. The van der Waals surface area contributed by atoms with Crippen LogP contribution in [-0.4, -0.2) is 39.0 Å². The van der Waals surface area contributed by atoms with Gasteiger partial charge in [-0.05, 0) is 55.5 Å². The van der Waals surface area contributed by atoms with Gasteiger partial charge in [0, 0.05) is 13.1 Å². The first-order valence-corrected chi connectivity index (χ1v) is 10.7. The Hall–Kier alpha value is -1.89. The molecule has 146 valence electrons. The van der Waals surface area contributed by atoms with Gasteiger partial charge in [0.1, 0.15) is 5.75 Å². The third-order valence-electron chi connectivity index (χ3n) is 5.01. The van der Waals surface area contributed by atoms with Gasteiger partial charge in [0.05, 0.1) is 24.7 Å². The van der Waals surface area contributed by atoms with Crippen molar-refractivity contribution >= 4 is 10.0 Å². The van der Waals surface area contributed by atoms with E-state index in [2.05, 4.69) is 0 Å². The van der Waals surface area contributed by atoms with E-state index in [0.29, 0.717) is 37.4 Å². The van der Waals surface area contributed by atoms with E-state index >= 15 is 0 Å². The number of hydrogen-bond acceptors (Lipinski definition) is 4. The maximum Gasteiger partial charge on any atom is 0.243 e. The highest BCUT2D eigenvalue weighted by atomic mass is 32.2. The molecule has 0 aliphatic carbocycles. The fourth-order valence-corrected chi connectivity index (χ4v) is 5.20. The second-order valence-corrected chi connectivity index (χ2v) is 8.93. The Balaban J connectivity index is 1.63. The molecule has 5 nitrogen and oxygen atoms in total. The highest BCUT2D eigenvalue weighted by molar-refractivity contribution is 7.89. The SMILES string of the molecule is COc1c(C)cc(S(=O)(=O)N2CCC(OCc3ccccc3)CC2)cc1C. The van der Waals surface area contributed by atoms with Crippen molar-refractivity contribution in [1.29, 1.82) is 0 Å². The van der Waals surface area contributed by atoms with Gasteiger partial charge >= 0.3 is 0 Å². The van der Waals surface area contributed by atoms with Crippen LogP contribution in [0.1, 0.15) is 29.5 Å². The first kappa shape index (κ1) is 19.9. The molecule has 1 heterocycles. The summed E-state index contributed by atoms with van der Waals surface area (Å²) in [4.78, 5) is 0.335. The average Bonchev–Trinajstić information content (AvgIpc) is 2.67. The summed E-state index contributed by atoms with van der Waals surface area (Å²) >= 11 is 0. The largest absolute Gasteiger partial charge is 0.496 e. The highest BCUT2D eigenvalue weighted by Crippen LogP contribution is 2.29. The van der Waals surface area contributed by atoms with Gasteiger partial charge in [-0.15, -0.1) is 0 Å². The standard InChI is InChI=1S/C21H27NO4S/c1-16-13-20(14-17(2)21(16)25-3)27(23,24)22-11-9-19(10-12-22)26-15-18-7-5-4-6-8-18/h4-8,13-14,19H,9-12,15H2,1-3H3. The molecule has 0 aromatic heterocycles. The van der Waals surface area contributed by atoms with Crippen molar-refractivity contribution in [3.05, 3.63) is 59.2 Å². The third kappa shape index (κ3) is 4.51. The summed E-state index contributed by atoms with van der Waals surface area (Å²) in [7, 11) is -1.90. The molecule has 0 amide bonds. The molecule has 1 aliphatic rings. The number of methoxy groups -OCH3 is 1. The second-order valence-electron chi connectivity index (χ2n) is 6.99. The number of rotatable bonds is 6. The Morgan fingerprint density at radius 2 is 1.63 bits per heavy atom. The number of hydrogen-bond donors (Lipinski definition) is 0. The van der Waals surface area contributed by atoms with Crippen LogP contribution >= 0.6 is 0 Å². The van der Waals surface area contributed by atoms with Crippen LogP contribution in [0.2, 0.25) is 0 Å². The lowest BCUT2D eigenvalue weighted by Gasteiger charge is -2.31. The molecule has 0 saturated carbocycles. The Morgan fingerprint density at radius 1 is 1.04 bits per heavy atom. The van der Waals surface area contributed by atoms with Crippen LogP contribution in [0.4, 0.5) is 0 Å². The monoisotopic (exact) mass is 389 g/mol. The molecular weight excluding hydrogens is 362 g/mol. The molecule has 0 N–H and O–H groups in total. The van der Waals surface area contributed by atoms with E-state index < -0.39 is 10.0 Å². The molecular formula is C21H27NO4S. The average molecular weight is 390 g/mol. The molecule has 0 bridgehead atoms. The molecule has 1 fully saturated rings. The molecule has 1 aliphatic heterocycles. The van der Waals surface area contributed by atoms with Crippen molar-refractivity contribution in [2.45, 2.75) is 44.3 Å². The minimum Gasteiger partial charge on any atom is -0.496 e. The minimum absolute atomic E-state index is 0.0935. The van der Waals surface area contributed by atoms with Crippen molar-refractivity contribution < 1.29 is 17.9 Å². The predicted molar refractivity (Wildman–Crippen MR) is 105 cm³/mol. The van der Waals surface area contributed by atoms with Gasteiger partial charge in [0.15, 0.2) is 0 Å². The van der Waals surface area contributed by atoms with Crippen molar-refractivity contribution in [3.63, 3.8) is 0 Å². The summed E-state index contributed by atoms with van der Waals surface area (Å²) in [5.41, 5.74) is 2.80. The number of sulfonamides is 1. The molecule has 0 radical (unpaired) electrons. The van der Waals surface area contributed by atoms with Gasteiger partial charge in [-0.3, -0.25) is 0 Å². The summed E-state index contributed by atoms with van der Waals surface area (Å²) < 4.78 is 38.9. The zero-order valence-electron chi connectivity index (χ0n) is 16.1. The fourth-order valence-electron chi connectivity index (χ4n) is 3.56. The Morgan fingerprint density at radius 3 is 2.19 bits per heavy atom. The van der Waals surface area contributed by atoms with Crippen molar-refractivity contribution in [2.24, 2.45) is 0 Å². The van der Waals surface area contributed by atoms with Gasteiger partial charge in [-0.1, -0.05) is 30.3 Å². The third-order valence-corrected chi connectivity index (χ3v) is 6.88. The maximum atomic E-state index is 13.0. The molecule has 1 saturated heterocycles. The second kappa shape index (κ2) is 8.42. The Kier molecular flexibility index (Phi) is 6.19. The summed E-state index contributed by atoms with van der Waals surface area (Å²) in [6.07, 6.45) is 1.51. The molecule has 6 heteroatoms. The van der Waals surface area contributed by atoms with Crippen LogP contribution in [-0.2, 0) is 21.4 Å². The van der Waals surface area contributed by atoms with Crippen LogP contribution in [0.15, 0.2) is 47.4 Å². The van der Waals surface area contributed by atoms with Crippen molar-refractivity contribution in [2.75, 3.05) is 20.2 Å². The van der Waals surface area contributed by atoms with Gasteiger partial charge in [-0.2, -0.15) is 4.31 Å². The van der Waals surface area contributed by atoms with Gasteiger partial charge < -0.3 is 9.47 Å². The summed E-state index contributed by atoms with van der Waals surface area (Å²) in [5.74, 6) is 0.738. The number of benzene rings is 2. The molecule has 3 rings (SSSR count). The van der Waals surface area contributed by atoms with Gasteiger partial charge in [0.2, 0.25) is 10.0 Å². The van der Waals surface area contributed by atoms with Crippen LogP contribution in [0.25, 0.3) is 0 Å². The Bertz CT molecular complexity index is 849. The van der Waals surface area contributed by atoms with Crippen LogP contribution in [0.5, 0.6) is 5.75 Å². The molecule has 2 aromatic rings. The minimum atomic E-state index is -3.50. The highest BCUT2D eigenvalue weighted by Gasteiger charge is 2.30. The van der Waals surface area contributed by atoms with Crippen molar-refractivity contribution in [1.82, 2.24) is 4.31 Å². The first-order chi connectivity index (χ1) is 12.9. The lowest BCUT2D eigenvalue weighted by molar-refractivity contribution is 0.0102. The zero-order valence-corrected chi connectivity index (χ0v) is 17.0. The van der Waals surface area contributed by atoms with Crippen LogP contribution < -0.4 is 4.74 Å².